The first-order valence-electron chi connectivity index (χ1n) is 18.5. The van der Waals surface area contributed by atoms with Crippen molar-refractivity contribution >= 4 is 63.6 Å². The van der Waals surface area contributed by atoms with Gasteiger partial charge in [0.25, 0.3) is 11.8 Å². The van der Waals surface area contributed by atoms with Crippen molar-refractivity contribution in [2.45, 2.75) is 59.8 Å². The van der Waals surface area contributed by atoms with Crippen LogP contribution in [0.25, 0.3) is 22.1 Å². The second-order valence-electron chi connectivity index (χ2n) is 13.3. The van der Waals surface area contributed by atoms with Gasteiger partial charge in [0.1, 0.15) is 11.4 Å². The molecule has 0 aliphatic carbocycles. The van der Waals surface area contributed by atoms with Crippen LogP contribution in [0, 0.1) is 13.8 Å². The maximum atomic E-state index is 13.8. The van der Waals surface area contributed by atoms with Crippen LogP contribution in [0.1, 0.15) is 72.8 Å². The van der Waals surface area contributed by atoms with Crippen LogP contribution >= 0.6 is 0 Å². The number of amides is 4. The summed E-state index contributed by atoms with van der Waals surface area (Å²) in [7, 11) is 1.33. The Bertz CT molecular complexity index is 2560. The largest absolute Gasteiger partial charge is 0.469 e. The molecule has 0 spiro atoms. The first-order chi connectivity index (χ1) is 27.9. The number of primary amides is 2. The fourth-order valence-corrected chi connectivity index (χ4v) is 6.36. The topological polar surface area (TPSA) is 251 Å². The number of ether oxygens (including phenoxy) is 2. The molecule has 0 aliphatic rings. The van der Waals surface area contributed by atoms with Gasteiger partial charge < -0.3 is 30.1 Å². The van der Waals surface area contributed by atoms with E-state index in [9.17, 15) is 24.0 Å². The van der Waals surface area contributed by atoms with Gasteiger partial charge in [-0.3, -0.25) is 44.0 Å². The number of rotatable bonds is 18. The van der Waals surface area contributed by atoms with Gasteiger partial charge in [-0.25, -0.2) is 9.97 Å². The van der Waals surface area contributed by atoms with Gasteiger partial charge in [-0.2, -0.15) is 10.2 Å². The predicted octanol–water partition coefficient (Wildman–Crippen LogP) is 3.34. The third-order valence-corrected chi connectivity index (χ3v) is 9.17. The molecule has 6 N–H and O–H groups in total. The molecule has 2 aromatic carbocycles. The predicted molar refractivity (Wildman–Crippen MR) is 213 cm³/mol. The van der Waals surface area contributed by atoms with E-state index < -0.39 is 23.6 Å². The Morgan fingerprint density at radius 1 is 0.724 bits per heavy atom. The van der Waals surface area contributed by atoms with Crippen LogP contribution in [0.3, 0.4) is 0 Å². The molecule has 6 rings (SSSR count). The van der Waals surface area contributed by atoms with Crippen molar-refractivity contribution in [2.75, 3.05) is 31.0 Å². The van der Waals surface area contributed by atoms with Crippen molar-refractivity contribution in [3.63, 3.8) is 0 Å². The standard InChI is InChI=1S/C39H44N12O7/c1-5-50-31(19-23(2)46-50)36(55)44-38-42-27-21-25(34(40)53)10-12-29(27)48(38)14-6-7-15-49-30-13-11-26(35(41)54)22-28(30)43-39(49)45-37(56)32-20-24(3)47-51(32)16-18-58-17-8-9-33(52)57-4/h6-7,10-13,19-22H,5,8-9,14-18H2,1-4H3,(H2,40,53)(H2,41,54)(H,42,44,55)(H,43,45,56)/b7-6+. The molecule has 0 aliphatic heterocycles. The minimum Gasteiger partial charge on any atom is -0.469 e. The van der Waals surface area contributed by atoms with Crippen LogP contribution in [0.4, 0.5) is 11.9 Å². The second-order valence-corrected chi connectivity index (χ2v) is 13.3. The van der Waals surface area contributed by atoms with Crippen molar-refractivity contribution in [2.24, 2.45) is 11.5 Å². The number of benzene rings is 2. The number of imidazole rings is 2. The molecule has 0 saturated carbocycles. The molecule has 0 unspecified atom stereocenters. The van der Waals surface area contributed by atoms with E-state index in [-0.39, 0.29) is 67.3 Å². The summed E-state index contributed by atoms with van der Waals surface area (Å²) in [5.41, 5.74) is 15.7. The highest BCUT2D eigenvalue weighted by Crippen LogP contribution is 2.24. The molecule has 0 fully saturated rings. The molecule has 19 nitrogen and oxygen atoms in total. The van der Waals surface area contributed by atoms with Crippen LogP contribution in [0.5, 0.6) is 0 Å². The first kappa shape index (κ1) is 40.5. The second kappa shape index (κ2) is 17.8. The number of carbonyl (C=O) groups is 5. The summed E-state index contributed by atoms with van der Waals surface area (Å²) in [6.07, 6.45) is 4.46. The molecule has 19 heteroatoms. The summed E-state index contributed by atoms with van der Waals surface area (Å²) in [4.78, 5) is 71.8. The van der Waals surface area contributed by atoms with Gasteiger partial charge in [0.05, 0.1) is 53.7 Å². The summed E-state index contributed by atoms with van der Waals surface area (Å²) in [6, 6.07) is 13.1. The molecular formula is C39H44N12O7. The van der Waals surface area contributed by atoms with E-state index in [4.69, 9.17) is 16.2 Å². The minimum absolute atomic E-state index is 0.207. The van der Waals surface area contributed by atoms with Crippen molar-refractivity contribution in [1.29, 1.82) is 0 Å². The lowest BCUT2D eigenvalue weighted by Gasteiger charge is -2.11. The first-order valence-corrected chi connectivity index (χ1v) is 18.5. The van der Waals surface area contributed by atoms with Crippen molar-refractivity contribution in [1.82, 2.24) is 38.7 Å². The molecule has 0 radical (unpaired) electrons. The number of allylic oxidation sites excluding steroid dienone is 2. The number of hydrogen-bond acceptors (Lipinski definition) is 11. The highest BCUT2D eigenvalue weighted by Gasteiger charge is 2.21. The van der Waals surface area contributed by atoms with E-state index in [0.717, 1.165) is 0 Å². The van der Waals surface area contributed by atoms with Gasteiger partial charge in [0.2, 0.25) is 23.7 Å². The van der Waals surface area contributed by atoms with E-state index >= 15 is 0 Å². The lowest BCUT2D eigenvalue weighted by atomic mass is 10.2. The zero-order valence-corrected chi connectivity index (χ0v) is 32.5. The fourth-order valence-electron chi connectivity index (χ4n) is 6.36. The van der Waals surface area contributed by atoms with E-state index in [1.165, 1.54) is 7.11 Å². The van der Waals surface area contributed by atoms with Gasteiger partial charge in [-0.15, -0.1) is 0 Å². The van der Waals surface area contributed by atoms with E-state index in [2.05, 4.69) is 35.5 Å². The van der Waals surface area contributed by atoms with Crippen LogP contribution in [-0.2, 0) is 40.4 Å². The lowest BCUT2D eigenvalue weighted by Crippen LogP contribution is -2.21. The third kappa shape index (κ3) is 9.10. The Labute approximate surface area is 332 Å². The highest BCUT2D eigenvalue weighted by atomic mass is 16.5. The Kier molecular flexibility index (Phi) is 12.4. The maximum absolute atomic E-state index is 13.8. The number of anilines is 2. The maximum Gasteiger partial charge on any atom is 0.305 e. The van der Waals surface area contributed by atoms with Crippen LogP contribution < -0.4 is 22.1 Å². The number of nitrogens with zero attached hydrogens (tertiary/aromatic N) is 8. The molecular weight excluding hydrogens is 749 g/mol. The number of methoxy groups -OCH3 is 1. The Hall–Kier alpha value is -7.15. The number of aryl methyl sites for hydroxylation is 3. The van der Waals surface area contributed by atoms with Gasteiger partial charge in [0, 0.05) is 43.8 Å². The number of hydrogen-bond donors (Lipinski definition) is 4. The van der Waals surface area contributed by atoms with Crippen molar-refractivity contribution < 1.29 is 33.4 Å². The average molecular weight is 793 g/mol. The molecule has 302 valence electrons. The SMILES string of the molecule is CCn1nc(C)cc1C(=O)Nc1nc2cc(C(N)=O)ccc2n1C/C=C/Cn1c(NC(=O)c2cc(C)nn2CCOCCCC(=O)OC)nc2cc(C(N)=O)ccc21. The molecule has 58 heavy (non-hydrogen) atoms. The number of esters is 1. The normalized spacial score (nSPS) is 11.4. The van der Waals surface area contributed by atoms with Crippen LogP contribution in [0.2, 0.25) is 0 Å². The summed E-state index contributed by atoms with van der Waals surface area (Å²) >= 11 is 0. The minimum atomic E-state index is -0.624. The molecule has 4 heterocycles. The zero-order chi connectivity index (χ0) is 41.5. The monoisotopic (exact) mass is 792 g/mol. The van der Waals surface area contributed by atoms with E-state index in [0.29, 0.717) is 58.7 Å². The third-order valence-electron chi connectivity index (χ3n) is 9.17. The lowest BCUT2D eigenvalue weighted by molar-refractivity contribution is -0.141. The van der Waals surface area contributed by atoms with Crippen LogP contribution in [0.15, 0.2) is 60.7 Å². The van der Waals surface area contributed by atoms with Crippen molar-refractivity contribution in [3.8, 4) is 0 Å². The molecule has 6 aromatic rings. The summed E-state index contributed by atoms with van der Waals surface area (Å²) < 4.78 is 17.0. The number of aromatic nitrogens is 8. The molecule has 0 bridgehead atoms. The highest BCUT2D eigenvalue weighted by molar-refractivity contribution is 6.04. The van der Waals surface area contributed by atoms with Gasteiger partial charge in [-0.1, -0.05) is 12.2 Å². The zero-order valence-electron chi connectivity index (χ0n) is 32.5. The molecule has 0 atom stereocenters. The summed E-state index contributed by atoms with van der Waals surface area (Å²) in [6.45, 7) is 7.32. The number of nitrogens with one attached hydrogen (secondary N) is 2. The smallest absolute Gasteiger partial charge is 0.305 e. The van der Waals surface area contributed by atoms with E-state index in [1.807, 2.05) is 19.1 Å². The number of nitrogens with two attached hydrogens (primary N) is 2. The molecule has 0 saturated heterocycles. The summed E-state index contributed by atoms with van der Waals surface area (Å²) in [5, 5.41) is 14.6. The fraction of sp³-hybridized carbons (Fsp3) is 0.308. The van der Waals surface area contributed by atoms with Gasteiger partial charge in [-0.05, 0) is 75.7 Å². The van der Waals surface area contributed by atoms with Crippen LogP contribution in [-0.4, -0.2) is 88.6 Å². The average Bonchev–Trinajstić information content (AvgIpc) is 3.96. The quantitative estimate of drug-likeness (QED) is 0.0558. The number of carbonyl (C=O) groups excluding carboxylic acids is 5. The van der Waals surface area contributed by atoms with Gasteiger partial charge in [0.15, 0.2) is 0 Å². The number of fused-ring (bicyclic) bond motifs is 2. The van der Waals surface area contributed by atoms with Crippen molar-refractivity contribution in [3.05, 3.63) is 94.6 Å². The summed E-state index contributed by atoms with van der Waals surface area (Å²) in [5.74, 6) is -1.97. The Morgan fingerprint density at radius 2 is 1.22 bits per heavy atom. The Morgan fingerprint density at radius 3 is 1.71 bits per heavy atom. The van der Waals surface area contributed by atoms with Gasteiger partial charge >= 0.3 is 5.97 Å². The Balaban J connectivity index is 1.24. The molecule has 4 aromatic heterocycles. The van der Waals surface area contributed by atoms with E-state index in [1.54, 1.807) is 80.9 Å². The molecule has 4 amide bonds.